The maximum Gasteiger partial charge on any atom is 0.573 e. The van der Waals surface area contributed by atoms with E-state index in [0.717, 1.165) is 12.1 Å². The number of carbonyl (C=O) groups is 1. The lowest BCUT2D eigenvalue weighted by molar-refractivity contribution is -0.275. The molecular formula is C13H13F4NO3. The van der Waals surface area contributed by atoms with Gasteiger partial charge in [0, 0.05) is 5.41 Å². The lowest BCUT2D eigenvalue weighted by atomic mass is 9.80. The maximum absolute atomic E-state index is 13.7. The summed E-state index contributed by atoms with van der Waals surface area (Å²) in [4.78, 5) is 11.3. The van der Waals surface area contributed by atoms with Gasteiger partial charge in [-0.2, -0.15) is 0 Å². The van der Waals surface area contributed by atoms with E-state index >= 15 is 0 Å². The number of carbonyl (C=O) groups excluding carboxylic acids is 1. The SMILES string of the molecule is CC1(C)COC(=O)N[C@H]1c1ccc(OC(F)(F)F)c(F)c1. The number of hydrogen-bond donors (Lipinski definition) is 1. The van der Waals surface area contributed by atoms with Crippen molar-refractivity contribution in [1.82, 2.24) is 5.32 Å². The fourth-order valence-corrected chi connectivity index (χ4v) is 2.13. The van der Waals surface area contributed by atoms with Crippen molar-refractivity contribution >= 4 is 6.09 Å². The molecule has 4 nitrogen and oxygen atoms in total. The van der Waals surface area contributed by atoms with E-state index in [1.54, 1.807) is 13.8 Å². The van der Waals surface area contributed by atoms with E-state index in [9.17, 15) is 22.4 Å². The molecule has 1 aliphatic rings. The standard InChI is InChI=1S/C13H13F4NO3/c1-12(2)6-20-11(19)18-10(12)7-3-4-9(8(14)5-7)21-13(15,16)17/h3-5,10H,6H2,1-2H3,(H,18,19)/t10-/m0/s1. The molecule has 1 fully saturated rings. The maximum atomic E-state index is 13.7. The van der Waals surface area contributed by atoms with E-state index < -0.39 is 35.5 Å². The van der Waals surface area contributed by atoms with Crippen LogP contribution in [0.2, 0.25) is 0 Å². The van der Waals surface area contributed by atoms with Crippen molar-refractivity contribution in [3.05, 3.63) is 29.6 Å². The number of ether oxygens (including phenoxy) is 2. The minimum absolute atomic E-state index is 0.117. The van der Waals surface area contributed by atoms with Gasteiger partial charge in [0.25, 0.3) is 0 Å². The Kier molecular flexibility index (Phi) is 3.73. The summed E-state index contributed by atoms with van der Waals surface area (Å²) in [6.45, 7) is 3.69. The molecule has 8 heteroatoms. The molecule has 1 aromatic rings. The fraction of sp³-hybridized carbons (Fsp3) is 0.462. The number of halogens is 4. The Morgan fingerprint density at radius 2 is 2.05 bits per heavy atom. The largest absolute Gasteiger partial charge is 0.573 e. The molecule has 1 aliphatic heterocycles. The lowest BCUT2D eigenvalue weighted by Crippen LogP contribution is -2.46. The first-order chi connectivity index (χ1) is 9.58. The third kappa shape index (κ3) is 3.56. The first kappa shape index (κ1) is 15.4. The van der Waals surface area contributed by atoms with Crippen molar-refractivity contribution in [2.75, 3.05) is 6.61 Å². The second-order valence-corrected chi connectivity index (χ2v) is 5.38. The van der Waals surface area contributed by atoms with Crippen LogP contribution in [0.25, 0.3) is 0 Å². The van der Waals surface area contributed by atoms with Crippen LogP contribution in [0.1, 0.15) is 25.5 Å². The average molecular weight is 307 g/mol. The molecule has 2 rings (SSSR count). The summed E-state index contributed by atoms with van der Waals surface area (Å²) < 4.78 is 58.4. The number of alkyl carbamates (subject to hydrolysis) is 1. The van der Waals surface area contributed by atoms with Crippen LogP contribution in [0, 0.1) is 11.2 Å². The number of hydrogen-bond acceptors (Lipinski definition) is 3. The van der Waals surface area contributed by atoms with E-state index in [1.807, 2.05) is 0 Å². The highest BCUT2D eigenvalue weighted by atomic mass is 19.4. The van der Waals surface area contributed by atoms with Crippen molar-refractivity contribution in [3.8, 4) is 5.75 Å². The Morgan fingerprint density at radius 1 is 1.38 bits per heavy atom. The van der Waals surface area contributed by atoms with Gasteiger partial charge in [-0.05, 0) is 17.7 Å². The van der Waals surface area contributed by atoms with Gasteiger partial charge >= 0.3 is 12.5 Å². The van der Waals surface area contributed by atoms with Gasteiger partial charge in [-0.1, -0.05) is 19.9 Å². The van der Waals surface area contributed by atoms with Crippen LogP contribution in [-0.2, 0) is 4.74 Å². The number of nitrogens with one attached hydrogen (secondary N) is 1. The molecule has 0 saturated carbocycles. The predicted molar refractivity (Wildman–Crippen MR) is 64.1 cm³/mol. The van der Waals surface area contributed by atoms with Gasteiger partial charge in [0.2, 0.25) is 0 Å². The van der Waals surface area contributed by atoms with Crippen LogP contribution in [0.4, 0.5) is 22.4 Å². The van der Waals surface area contributed by atoms with Crippen LogP contribution in [0.15, 0.2) is 18.2 Å². The molecule has 1 N–H and O–H groups in total. The van der Waals surface area contributed by atoms with Gasteiger partial charge in [-0.15, -0.1) is 13.2 Å². The highest BCUT2D eigenvalue weighted by Gasteiger charge is 2.38. The summed E-state index contributed by atoms with van der Waals surface area (Å²) in [5.74, 6) is -2.07. The van der Waals surface area contributed by atoms with E-state index in [4.69, 9.17) is 4.74 Å². The van der Waals surface area contributed by atoms with E-state index in [1.165, 1.54) is 6.07 Å². The van der Waals surface area contributed by atoms with Crippen molar-refractivity contribution in [1.29, 1.82) is 0 Å². The van der Waals surface area contributed by atoms with Gasteiger partial charge in [0.15, 0.2) is 11.6 Å². The number of cyclic esters (lactones) is 1. The summed E-state index contributed by atoms with van der Waals surface area (Å²) in [7, 11) is 0. The zero-order valence-electron chi connectivity index (χ0n) is 11.3. The third-order valence-electron chi connectivity index (χ3n) is 3.13. The van der Waals surface area contributed by atoms with E-state index in [0.29, 0.717) is 5.56 Å². The summed E-state index contributed by atoms with van der Waals surface area (Å²) in [5, 5.41) is 2.53. The number of rotatable bonds is 2. The monoisotopic (exact) mass is 307 g/mol. The first-order valence-corrected chi connectivity index (χ1v) is 6.07. The van der Waals surface area contributed by atoms with Crippen LogP contribution in [0.5, 0.6) is 5.75 Å². The Balaban J connectivity index is 2.28. The van der Waals surface area contributed by atoms with E-state index in [-0.39, 0.29) is 6.61 Å². The zero-order chi connectivity index (χ0) is 15.8. The Bertz CT molecular complexity index is 557. The molecule has 21 heavy (non-hydrogen) atoms. The Morgan fingerprint density at radius 3 is 2.62 bits per heavy atom. The molecule has 0 bridgehead atoms. The van der Waals surface area contributed by atoms with Crippen LogP contribution < -0.4 is 10.1 Å². The molecule has 0 aliphatic carbocycles. The van der Waals surface area contributed by atoms with Crippen LogP contribution >= 0.6 is 0 Å². The molecule has 116 valence electrons. The van der Waals surface area contributed by atoms with Gasteiger partial charge < -0.3 is 14.8 Å². The van der Waals surface area contributed by atoms with Crippen LogP contribution in [0.3, 0.4) is 0 Å². The first-order valence-electron chi connectivity index (χ1n) is 6.07. The minimum atomic E-state index is -4.96. The fourth-order valence-electron chi connectivity index (χ4n) is 2.13. The van der Waals surface area contributed by atoms with Crippen LogP contribution in [-0.4, -0.2) is 19.1 Å². The number of benzene rings is 1. The second-order valence-electron chi connectivity index (χ2n) is 5.38. The highest BCUT2D eigenvalue weighted by molar-refractivity contribution is 5.69. The highest BCUT2D eigenvalue weighted by Crippen LogP contribution is 2.38. The molecular weight excluding hydrogens is 294 g/mol. The summed E-state index contributed by atoms with van der Waals surface area (Å²) in [6.07, 6.45) is -5.62. The molecule has 1 amide bonds. The van der Waals surface area contributed by atoms with Gasteiger partial charge in [-0.25, -0.2) is 9.18 Å². The molecule has 1 atom stereocenters. The van der Waals surface area contributed by atoms with Gasteiger partial charge in [0.05, 0.1) is 6.04 Å². The Hall–Kier alpha value is -1.99. The van der Waals surface area contributed by atoms with Gasteiger partial charge in [-0.3, -0.25) is 0 Å². The number of alkyl halides is 3. The summed E-state index contributed by atoms with van der Waals surface area (Å²) in [6, 6.07) is 2.50. The van der Waals surface area contributed by atoms with Crippen molar-refractivity contribution in [2.24, 2.45) is 5.41 Å². The molecule has 0 radical (unpaired) electrons. The molecule has 0 unspecified atom stereocenters. The minimum Gasteiger partial charge on any atom is -0.449 e. The van der Waals surface area contributed by atoms with E-state index in [2.05, 4.69) is 10.1 Å². The predicted octanol–water partition coefficient (Wildman–Crippen LogP) is 3.53. The molecule has 1 aromatic carbocycles. The molecule has 1 heterocycles. The normalized spacial score (nSPS) is 21.4. The average Bonchev–Trinajstić information content (AvgIpc) is 2.33. The lowest BCUT2D eigenvalue weighted by Gasteiger charge is -2.38. The quantitative estimate of drug-likeness (QED) is 0.850. The summed E-state index contributed by atoms with van der Waals surface area (Å²) >= 11 is 0. The smallest absolute Gasteiger partial charge is 0.449 e. The topological polar surface area (TPSA) is 47.6 Å². The number of amides is 1. The molecule has 0 aromatic heterocycles. The van der Waals surface area contributed by atoms with Gasteiger partial charge in [0.1, 0.15) is 6.61 Å². The second kappa shape index (κ2) is 5.09. The van der Waals surface area contributed by atoms with Crippen molar-refractivity contribution in [3.63, 3.8) is 0 Å². The zero-order valence-corrected chi connectivity index (χ0v) is 11.3. The third-order valence-corrected chi connectivity index (χ3v) is 3.13. The van der Waals surface area contributed by atoms with Crippen molar-refractivity contribution < 1.29 is 31.8 Å². The summed E-state index contributed by atoms with van der Waals surface area (Å²) in [5.41, 5.74) is -0.198. The molecule has 1 saturated heterocycles. The Labute approximate surface area is 118 Å². The van der Waals surface area contributed by atoms with Crippen molar-refractivity contribution in [2.45, 2.75) is 26.3 Å². The molecule has 0 spiro atoms.